The molecule has 1 aromatic carbocycles. The van der Waals surface area contributed by atoms with E-state index in [-0.39, 0.29) is 0 Å². The number of hydrogen-bond acceptors (Lipinski definition) is 1. The van der Waals surface area contributed by atoms with E-state index in [0.717, 1.165) is 6.42 Å². The number of nitrogens with two attached hydrogens (primary N) is 1. The molecule has 0 spiro atoms. The summed E-state index contributed by atoms with van der Waals surface area (Å²) in [5.74, 6) is 0. The van der Waals surface area contributed by atoms with E-state index in [0.29, 0.717) is 6.54 Å². The van der Waals surface area contributed by atoms with E-state index in [1.165, 1.54) is 22.2 Å². The van der Waals surface area contributed by atoms with Crippen LogP contribution in [0, 0.1) is 6.92 Å². The minimum absolute atomic E-state index is 0.706. The van der Waals surface area contributed by atoms with Crippen LogP contribution in [0.2, 0.25) is 0 Å². The van der Waals surface area contributed by atoms with Crippen molar-refractivity contribution in [1.82, 2.24) is 4.98 Å². The summed E-state index contributed by atoms with van der Waals surface area (Å²) in [5.41, 5.74) is 9.31. The van der Waals surface area contributed by atoms with Crippen molar-refractivity contribution < 1.29 is 0 Å². The van der Waals surface area contributed by atoms with Gasteiger partial charge in [0, 0.05) is 11.2 Å². The lowest BCUT2D eigenvalue weighted by molar-refractivity contribution is 0.974. The summed E-state index contributed by atoms with van der Waals surface area (Å²) < 4.78 is 0. The van der Waals surface area contributed by atoms with Crippen molar-refractivity contribution in [3.63, 3.8) is 0 Å². The summed E-state index contributed by atoms with van der Waals surface area (Å²) in [7, 11) is 0. The van der Waals surface area contributed by atoms with Gasteiger partial charge in [0.05, 0.1) is 0 Å². The number of nitrogens with one attached hydrogen (secondary N) is 1. The van der Waals surface area contributed by atoms with E-state index in [4.69, 9.17) is 5.73 Å². The highest BCUT2D eigenvalue weighted by Gasteiger charge is 2.01. The van der Waals surface area contributed by atoms with Crippen LogP contribution in [0.15, 0.2) is 24.3 Å². The Morgan fingerprint density at radius 1 is 1.38 bits per heavy atom. The first-order valence-electron chi connectivity index (χ1n) is 4.58. The molecule has 0 radical (unpaired) electrons. The molecule has 0 atom stereocenters. The fourth-order valence-electron chi connectivity index (χ4n) is 1.72. The van der Waals surface area contributed by atoms with Crippen molar-refractivity contribution in [2.75, 3.05) is 6.54 Å². The molecule has 0 aliphatic rings. The van der Waals surface area contributed by atoms with Crippen molar-refractivity contribution in [2.24, 2.45) is 5.73 Å². The third-order valence-corrected chi connectivity index (χ3v) is 2.29. The molecule has 0 aliphatic heterocycles. The topological polar surface area (TPSA) is 41.8 Å². The number of aromatic nitrogens is 1. The maximum Gasteiger partial charge on any atom is 0.0489 e. The highest BCUT2D eigenvalue weighted by molar-refractivity contribution is 5.83. The molecule has 68 valence electrons. The van der Waals surface area contributed by atoms with Gasteiger partial charge in [0.1, 0.15) is 0 Å². The fraction of sp³-hybridized carbons (Fsp3) is 0.273. The Morgan fingerprint density at radius 3 is 3.00 bits per heavy atom. The summed E-state index contributed by atoms with van der Waals surface area (Å²) in [5, 5.41) is 1.28. The predicted molar refractivity (Wildman–Crippen MR) is 55.8 cm³/mol. The molecule has 0 amide bonds. The summed E-state index contributed by atoms with van der Waals surface area (Å²) in [6.07, 6.45) is 0.942. The number of hydrogen-bond donors (Lipinski definition) is 2. The molecule has 0 saturated carbocycles. The lowest BCUT2D eigenvalue weighted by atomic mass is 10.1. The van der Waals surface area contributed by atoms with Gasteiger partial charge in [-0.25, -0.2) is 0 Å². The van der Waals surface area contributed by atoms with Crippen molar-refractivity contribution in [2.45, 2.75) is 13.3 Å². The highest BCUT2D eigenvalue weighted by atomic mass is 14.7. The number of benzene rings is 1. The molecule has 0 fully saturated rings. The van der Waals surface area contributed by atoms with Gasteiger partial charge in [-0.2, -0.15) is 0 Å². The van der Waals surface area contributed by atoms with Crippen LogP contribution in [-0.4, -0.2) is 11.5 Å². The van der Waals surface area contributed by atoms with Crippen molar-refractivity contribution >= 4 is 10.9 Å². The smallest absolute Gasteiger partial charge is 0.0489 e. The summed E-state index contributed by atoms with van der Waals surface area (Å²) in [6, 6.07) is 8.50. The minimum Gasteiger partial charge on any atom is -0.358 e. The fourth-order valence-corrected chi connectivity index (χ4v) is 1.72. The zero-order chi connectivity index (χ0) is 9.26. The molecule has 2 heteroatoms. The second-order valence-electron chi connectivity index (χ2n) is 3.37. The van der Waals surface area contributed by atoms with Gasteiger partial charge >= 0.3 is 0 Å². The molecular weight excluding hydrogens is 160 g/mol. The Labute approximate surface area is 77.8 Å². The van der Waals surface area contributed by atoms with Gasteiger partial charge in [0.25, 0.3) is 0 Å². The Balaban J connectivity index is 2.60. The third-order valence-electron chi connectivity index (χ3n) is 2.29. The molecule has 0 aliphatic carbocycles. The maximum absolute atomic E-state index is 5.54. The summed E-state index contributed by atoms with van der Waals surface area (Å²) in [6.45, 7) is 2.78. The largest absolute Gasteiger partial charge is 0.358 e. The highest BCUT2D eigenvalue weighted by Crippen LogP contribution is 2.19. The number of aryl methyl sites for hydroxylation is 1. The normalized spacial score (nSPS) is 10.9. The van der Waals surface area contributed by atoms with Crippen LogP contribution >= 0.6 is 0 Å². The second-order valence-corrected chi connectivity index (χ2v) is 3.37. The van der Waals surface area contributed by atoms with Gasteiger partial charge in [-0.1, -0.05) is 18.2 Å². The average molecular weight is 174 g/mol. The van der Waals surface area contributed by atoms with Crippen LogP contribution < -0.4 is 5.73 Å². The first-order valence-corrected chi connectivity index (χ1v) is 4.58. The number of rotatable bonds is 2. The van der Waals surface area contributed by atoms with Gasteiger partial charge < -0.3 is 10.7 Å². The van der Waals surface area contributed by atoms with E-state index in [1.807, 2.05) is 0 Å². The van der Waals surface area contributed by atoms with Crippen LogP contribution in [0.3, 0.4) is 0 Å². The summed E-state index contributed by atoms with van der Waals surface area (Å²) in [4.78, 5) is 3.36. The standard InChI is InChI=1S/C11H14N2/c1-8-7-10-4-2-3-9(5-6-12)11(10)13-8/h2-4,7,13H,5-6,12H2,1H3. The molecule has 0 bridgehead atoms. The van der Waals surface area contributed by atoms with E-state index >= 15 is 0 Å². The third kappa shape index (κ3) is 1.45. The van der Waals surface area contributed by atoms with Crippen LogP contribution in [0.5, 0.6) is 0 Å². The lowest BCUT2D eigenvalue weighted by Crippen LogP contribution is -2.02. The van der Waals surface area contributed by atoms with E-state index in [2.05, 4.69) is 36.2 Å². The predicted octanol–water partition coefficient (Wildman–Crippen LogP) is 1.98. The Morgan fingerprint density at radius 2 is 2.23 bits per heavy atom. The molecule has 13 heavy (non-hydrogen) atoms. The number of aromatic amines is 1. The van der Waals surface area contributed by atoms with Crippen molar-refractivity contribution in [3.8, 4) is 0 Å². The first kappa shape index (κ1) is 8.32. The number of fused-ring (bicyclic) bond motifs is 1. The molecule has 1 heterocycles. The zero-order valence-corrected chi connectivity index (χ0v) is 7.80. The SMILES string of the molecule is Cc1cc2cccc(CCN)c2[nH]1. The lowest BCUT2D eigenvalue weighted by Gasteiger charge is -1.99. The van der Waals surface area contributed by atoms with Crippen LogP contribution in [0.4, 0.5) is 0 Å². The van der Waals surface area contributed by atoms with Crippen LogP contribution in [0.25, 0.3) is 10.9 Å². The number of H-pyrrole nitrogens is 1. The molecule has 0 unspecified atom stereocenters. The van der Waals surface area contributed by atoms with E-state index in [9.17, 15) is 0 Å². The quantitative estimate of drug-likeness (QED) is 0.718. The van der Waals surface area contributed by atoms with Gasteiger partial charge in [-0.15, -0.1) is 0 Å². The Bertz CT molecular complexity index is 415. The first-order chi connectivity index (χ1) is 6.31. The van der Waals surface area contributed by atoms with Crippen molar-refractivity contribution in [3.05, 3.63) is 35.5 Å². The minimum atomic E-state index is 0.706. The van der Waals surface area contributed by atoms with Crippen LogP contribution in [0.1, 0.15) is 11.3 Å². The van der Waals surface area contributed by atoms with E-state index in [1.54, 1.807) is 0 Å². The summed E-state index contributed by atoms with van der Waals surface area (Å²) >= 11 is 0. The second kappa shape index (κ2) is 3.23. The maximum atomic E-state index is 5.54. The molecular formula is C11H14N2. The van der Waals surface area contributed by atoms with Crippen molar-refractivity contribution in [1.29, 1.82) is 0 Å². The molecule has 3 N–H and O–H groups in total. The monoisotopic (exact) mass is 174 g/mol. The Hall–Kier alpha value is -1.28. The van der Waals surface area contributed by atoms with E-state index < -0.39 is 0 Å². The van der Waals surface area contributed by atoms with Gasteiger partial charge in [0.15, 0.2) is 0 Å². The van der Waals surface area contributed by atoms with Crippen LogP contribution in [-0.2, 0) is 6.42 Å². The zero-order valence-electron chi connectivity index (χ0n) is 7.80. The molecule has 0 saturated heterocycles. The average Bonchev–Trinajstić information content (AvgIpc) is 2.47. The van der Waals surface area contributed by atoms with Gasteiger partial charge in [0.2, 0.25) is 0 Å². The van der Waals surface area contributed by atoms with Gasteiger partial charge in [-0.3, -0.25) is 0 Å². The molecule has 2 nitrogen and oxygen atoms in total. The molecule has 2 rings (SSSR count). The number of para-hydroxylation sites is 1. The molecule has 1 aromatic heterocycles. The molecule has 2 aromatic rings. The Kier molecular flexibility index (Phi) is 2.07. The van der Waals surface area contributed by atoms with Gasteiger partial charge in [-0.05, 0) is 36.9 Å².